The van der Waals surface area contributed by atoms with E-state index in [1.54, 1.807) is 34.3 Å². The van der Waals surface area contributed by atoms with Crippen molar-refractivity contribution in [1.82, 2.24) is 24.1 Å². The first kappa shape index (κ1) is 22.9. The Kier molecular flexibility index (Phi) is 5.45. The number of benzene rings is 2. The molecule has 6 rings (SSSR count). The first-order chi connectivity index (χ1) is 17.9. The molecule has 0 aliphatic heterocycles. The number of fused-ring (bicyclic) bond motifs is 4. The maximum atomic E-state index is 12.1. The van der Waals surface area contributed by atoms with Crippen LogP contribution in [0.3, 0.4) is 0 Å². The van der Waals surface area contributed by atoms with Gasteiger partial charge in [-0.15, -0.1) is 5.10 Å². The molecule has 4 aromatic heterocycles. The summed E-state index contributed by atoms with van der Waals surface area (Å²) in [7, 11) is 0. The van der Waals surface area contributed by atoms with Crippen molar-refractivity contribution in [1.29, 1.82) is 0 Å². The van der Waals surface area contributed by atoms with Crippen LogP contribution in [0.25, 0.3) is 39.1 Å². The first-order valence-electron chi connectivity index (χ1n) is 11.3. The predicted molar refractivity (Wildman–Crippen MR) is 137 cm³/mol. The van der Waals surface area contributed by atoms with E-state index in [1.807, 2.05) is 24.3 Å². The van der Waals surface area contributed by atoms with Gasteiger partial charge in [0.2, 0.25) is 5.76 Å². The van der Waals surface area contributed by atoms with Crippen LogP contribution < -0.4 is 0 Å². The highest BCUT2D eigenvalue weighted by Crippen LogP contribution is 2.31. The molecule has 0 fully saturated rings. The lowest BCUT2D eigenvalue weighted by atomic mass is 10.2. The number of ether oxygens (including phenoxy) is 1. The Balaban J connectivity index is 1.52. The van der Waals surface area contributed by atoms with Crippen LogP contribution in [0.5, 0.6) is 0 Å². The molecule has 0 aliphatic carbocycles. The minimum atomic E-state index is -0.563. The SMILES string of the molecule is CCOC(=O)c1ccc(Cn2c3cc([N+](=O)[O-])ccc3c3nc4nc(-c5ccc(Br)cc5)cn4nc32)o1. The maximum Gasteiger partial charge on any atom is 0.374 e. The van der Waals surface area contributed by atoms with Crippen LogP contribution in [0.15, 0.2) is 69.7 Å². The fraction of sp³-hybridized carbons (Fsp3) is 0.120. The number of hydrogen-bond acceptors (Lipinski definition) is 8. The fourth-order valence-corrected chi connectivity index (χ4v) is 4.46. The van der Waals surface area contributed by atoms with Crippen molar-refractivity contribution in [2.24, 2.45) is 0 Å². The molecule has 0 amide bonds. The number of aromatic nitrogens is 5. The number of rotatable bonds is 6. The number of non-ortho nitro benzene ring substituents is 1. The number of hydrogen-bond donors (Lipinski definition) is 0. The number of carbonyl (C=O) groups excluding carboxylic acids is 1. The number of esters is 1. The molecule has 4 heterocycles. The van der Waals surface area contributed by atoms with Crippen molar-refractivity contribution in [2.75, 3.05) is 6.61 Å². The Morgan fingerprint density at radius 2 is 1.95 bits per heavy atom. The topological polar surface area (TPSA) is 131 Å². The number of furan rings is 1. The average Bonchev–Trinajstić information content (AvgIpc) is 3.60. The number of imidazole rings is 1. The highest BCUT2D eigenvalue weighted by atomic mass is 79.9. The van der Waals surface area contributed by atoms with Gasteiger partial charge in [-0.25, -0.2) is 19.3 Å². The minimum absolute atomic E-state index is 0.0643. The molecule has 6 aromatic rings. The normalized spacial score (nSPS) is 11.5. The molecule has 0 N–H and O–H groups in total. The van der Waals surface area contributed by atoms with Crippen LogP contribution in [0.1, 0.15) is 23.2 Å². The van der Waals surface area contributed by atoms with Gasteiger partial charge in [-0.1, -0.05) is 28.1 Å². The largest absolute Gasteiger partial charge is 0.460 e. The third-order valence-electron chi connectivity index (χ3n) is 5.88. The molecule has 0 unspecified atom stereocenters. The van der Waals surface area contributed by atoms with Crippen molar-refractivity contribution < 1.29 is 18.9 Å². The quantitative estimate of drug-likeness (QED) is 0.150. The predicted octanol–water partition coefficient (Wildman–Crippen LogP) is 5.39. The third kappa shape index (κ3) is 4.00. The van der Waals surface area contributed by atoms with Crippen molar-refractivity contribution in [3.63, 3.8) is 0 Å². The Bertz CT molecular complexity index is 1840. The van der Waals surface area contributed by atoms with E-state index in [1.165, 1.54) is 18.2 Å². The van der Waals surface area contributed by atoms with Gasteiger partial charge < -0.3 is 13.7 Å². The highest BCUT2D eigenvalue weighted by molar-refractivity contribution is 9.10. The summed E-state index contributed by atoms with van der Waals surface area (Å²) in [6.07, 6.45) is 1.78. The third-order valence-corrected chi connectivity index (χ3v) is 6.41. The van der Waals surface area contributed by atoms with Crippen LogP contribution in [0.4, 0.5) is 5.69 Å². The summed E-state index contributed by atoms with van der Waals surface area (Å²) in [5.74, 6) is 0.361. The molecule has 12 heteroatoms. The summed E-state index contributed by atoms with van der Waals surface area (Å²) in [5, 5.41) is 16.9. The van der Waals surface area contributed by atoms with Gasteiger partial charge >= 0.3 is 5.97 Å². The monoisotopic (exact) mass is 560 g/mol. The molecule has 2 aromatic carbocycles. The van der Waals surface area contributed by atoms with Crippen LogP contribution in [-0.2, 0) is 11.3 Å². The average molecular weight is 561 g/mol. The van der Waals surface area contributed by atoms with Gasteiger partial charge in [0.1, 0.15) is 11.3 Å². The molecule has 184 valence electrons. The Morgan fingerprint density at radius 1 is 1.14 bits per heavy atom. The van der Waals surface area contributed by atoms with E-state index in [4.69, 9.17) is 19.2 Å². The molecule has 0 spiro atoms. The second kappa shape index (κ2) is 8.82. The molecule has 11 nitrogen and oxygen atoms in total. The van der Waals surface area contributed by atoms with E-state index in [0.29, 0.717) is 39.3 Å². The van der Waals surface area contributed by atoms with Gasteiger partial charge in [-0.2, -0.15) is 0 Å². The smallest absolute Gasteiger partial charge is 0.374 e. The van der Waals surface area contributed by atoms with E-state index in [9.17, 15) is 14.9 Å². The second-order valence-corrected chi connectivity index (χ2v) is 9.11. The summed E-state index contributed by atoms with van der Waals surface area (Å²) in [6.45, 7) is 2.10. The van der Waals surface area contributed by atoms with Crippen molar-refractivity contribution in [3.05, 3.63) is 86.9 Å². The lowest BCUT2D eigenvalue weighted by molar-refractivity contribution is -0.384. The van der Waals surface area contributed by atoms with Gasteiger partial charge in [0.05, 0.1) is 35.5 Å². The molecule has 0 saturated heterocycles. The lowest BCUT2D eigenvalue weighted by Gasteiger charge is -2.05. The van der Waals surface area contributed by atoms with E-state index < -0.39 is 10.9 Å². The van der Waals surface area contributed by atoms with Crippen LogP contribution in [-0.4, -0.2) is 41.6 Å². The standard InChI is InChI=1S/C25H17BrN6O5/c1-2-36-24(33)21-10-8-17(37-21)12-30-20-11-16(32(34)35)7-9-18(20)22-23(30)29-31-13-19(27-25(31)28-22)14-3-5-15(26)6-4-14/h3-11,13H,2,12H2,1H3. The highest BCUT2D eigenvalue weighted by Gasteiger charge is 2.21. The number of nitro groups is 1. The number of nitro benzene ring substituents is 1. The summed E-state index contributed by atoms with van der Waals surface area (Å²) in [6, 6.07) is 15.5. The molecule has 0 aliphatic rings. The summed E-state index contributed by atoms with van der Waals surface area (Å²) >= 11 is 3.44. The molecule has 0 radical (unpaired) electrons. The molecule has 0 saturated carbocycles. The van der Waals surface area contributed by atoms with Crippen LogP contribution in [0.2, 0.25) is 0 Å². The van der Waals surface area contributed by atoms with E-state index in [2.05, 4.69) is 20.9 Å². The van der Waals surface area contributed by atoms with E-state index in [-0.39, 0.29) is 24.6 Å². The molecule has 37 heavy (non-hydrogen) atoms. The van der Waals surface area contributed by atoms with Crippen LogP contribution in [0, 0.1) is 10.1 Å². The van der Waals surface area contributed by atoms with Crippen LogP contribution >= 0.6 is 15.9 Å². The molecular weight excluding hydrogens is 544 g/mol. The van der Waals surface area contributed by atoms with E-state index in [0.717, 1.165) is 10.0 Å². The van der Waals surface area contributed by atoms with Gasteiger partial charge in [-0.3, -0.25) is 10.1 Å². The zero-order valence-corrected chi connectivity index (χ0v) is 20.9. The molecule has 0 bridgehead atoms. The minimum Gasteiger partial charge on any atom is -0.460 e. The number of carbonyl (C=O) groups is 1. The Labute approximate surface area is 216 Å². The van der Waals surface area contributed by atoms with Gasteiger partial charge in [0, 0.05) is 27.6 Å². The van der Waals surface area contributed by atoms with Crippen molar-refractivity contribution >= 4 is 55.4 Å². The Morgan fingerprint density at radius 3 is 2.70 bits per heavy atom. The Hall–Kier alpha value is -4.58. The summed E-state index contributed by atoms with van der Waals surface area (Å²) < 4.78 is 15.0. The maximum absolute atomic E-state index is 12.1. The van der Waals surface area contributed by atoms with Gasteiger partial charge in [0.25, 0.3) is 11.5 Å². The van der Waals surface area contributed by atoms with Crippen molar-refractivity contribution in [2.45, 2.75) is 13.5 Å². The zero-order valence-electron chi connectivity index (χ0n) is 19.3. The van der Waals surface area contributed by atoms with Gasteiger partial charge in [0.15, 0.2) is 5.65 Å². The summed E-state index contributed by atoms with van der Waals surface area (Å²) in [4.78, 5) is 32.5. The van der Waals surface area contributed by atoms with Crippen molar-refractivity contribution in [3.8, 4) is 11.3 Å². The number of halogens is 1. The molecule has 0 atom stereocenters. The second-order valence-electron chi connectivity index (χ2n) is 8.19. The van der Waals surface area contributed by atoms with E-state index >= 15 is 0 Å². The van der Waals surface area contributed by atoms with Gasteiger partial charge in [-0.05, 0) is 37.3 Å². The first-order valence-corrected chi connectivity index (χ1v) is 12.1. The lowest BCUT2D eigenvalue weighted by Crippen LogP contribution is -2.04. The zero-order chi connectivity index (χ0) is 25.7. The number of nitrogens with zero attached hydrogens (tertiary/aromatic N) is 6. The fourth-order valence-electron chi connectivity index (χ4n) is 4.19. The summed E-state index contributed by atoms with van der Waals surface area (Å²) in [5.41, 5.74) is 3.13. The molecular formula is C25H17BrN6O5.